The lowest BCUT2D eigenvalue weighted by Gasteiger charge is -2.23. The van der Waals surface area contributed by atoms with Crippen molar-refractivity contribution in [2.45, 2.75) is 45.8 Å². The number of amides is 2. The summed E-state index contributed by atoms with van der Waals surface area (Å²) in [6.45, 7) is 10.5. The highest BCUT2D eigenvalue weighted by molar-refractivity contribution is 14.0. The molecule has 1 aromatic carbocycles. The number of halogens is 1. The number of likely N-dealkylation sites (tertiary alicyclic amines) is 1. The molecule has 1 aliphatic heterocycles. The number of aromatic hydroxyl groups is 1. The maximum atomic E-state index is 12.1. The van der Waals surface area contributed by atoms with Crippen LogP contribution in [-0.2, 0) is 4.74 Å². The van der Waals surface area contributed by atoms with Crippen molar-refractivity contribution in [3.63, 3.8) is 0 Å². The Morgan fingerprint density at radius 3 is 2.52 bits per heavy atom. The molecule has 1 fully saturated rings. The van der Waals surface area contributed by atoms with Crippen molar-refractivity contribution in [3.05, 3.63) is 29.8 Å². The fourth-order valence-corrected chi connectivity index (χ4v) is 3.02. The first-order chi connectivity index (χ1) is 14.2. The van der Waals surface area contributed by atoms with Crippen molar-refractivity contribution in [1.82, 2.24) is 20.9 Å². The number of hydrogen-bond donors (Lipinski definition) is 4. The first-order valence-electron chi connectivity index (χ1n) is 10.3. The van der Waals surface area contributed by atoms with Gasteiger partial charge < -0.3 is 30.7 Å². The van der Waals surface area contributed by atoms with Crippen molar-refractivity contribution in [3.8, 4) is 5.75 Å². The number of carbonyl (C=O) groups is 2. The molecule has 1 unspecified atom stereocenters. The zero-order valence-corrected chi connectivity index (χ0v) is 20.9. The Bertz CT molecular complexity index is 749. The minimum atomic E-state index is -0.524. The van der Waals surface area contributed by atoms with Crippen LogP contribution in [0, 0.1) is 0 Å². The van der Waals surface area contributed by atoms with E-state index in [1.807, 2.05) is 27.7 Å². The molecule has 2 amide bonds. The van der Waals surface area contributed by atoms with Gasteiger partial charge in [-0.05, 0) is 58.4 Å². The Kier molecular flexibility index (Phi) is 10.9. The van der Waals surface area contributed by atoms with Gasteiger partial charge in [-0.1, -0.05) is 0 Å². The predicted molar refractivity (Wildman–Crippen MR) is 131 cm³/mol. The van der Waals surface area contributed by atoms with E-state index in [0.29, 0.717) is 25.2 Å². The van der Waals surface area contributed by atoms with E-state index in [9.17, 15) is 14.7 Å². The Hall–Kier alpha value is -2.24. The van der Waals surface area contributed by atoms with Gasteiger partial charge in [0.05, 0.1) is 12.6 Å². The van der Waals surface area contributed by atoms with Crippen LogP contribution in [0.15, 0.2) is 29.3 Å². The van der Waals surface area contributed by atoms with E-state index in [1.54, 1.807) is 12.1 Å². The Morgan fingerprint density at radius 1 is 1.23 bits per heavy atom. The topological polar surface area (TPSA) is 115 Å². The number of aliphatic imine (C=N–C) groups is 1. The van der Waals surface area contributed by atoms with Crippen molar-refractivity contribution in [1.29, 1.82) is 0 Å². The molecule has 0 bridgehead atoms. The summed E-state index contributed by atoms with van der Waals surface area (Å²) < 4.78 is 5.32. The maximum absolute atomic E-state index is 12.1. The van der Waals surface area contributed by atoms with Crippen LogP contribution >= 0.6 is 24.0 Å². The molecule has 0 saturated carbocycles. The summed E-state index contributed by atoms with van der Waals surface area (Å²) in [7, 11) is 0. The largest absolute Gasteiger partial charge is 0.508 e. The molecule has 1 aliphatic rings. The Morgan fingerprint density at radius 2 is 1.90 bits per heavy atom. The molecule has 9 nitrogen and oxygen atoms in total. The summed E-state index contributed by atoms with van der Waals surface area (Å²) in [6.07, 6.45) is 0.398. The number of carbonyl (C=O) groups excluding carboxylic acids is 2. The van der Waals surface area contributed by atoms with E-state index in [0.717, 1.165) is 25.5 Å². The predicted octanol–water partition coefficient (Wildman–Crippen LogP) is 2.30. The molecule has 0 radical (unpaired) electrons. The van der Waals surface area contributed by atoms with E-state index < -0.39 is 11.7 Å². The molecule has 1 saturated heterocycles. The third-order valence-corrected chi connectivity index (χ3v) is 4.33. The molecule has 2 rings (SSSR count). The van der Waals surface area contributed by atoms with Crippen LogP contribution in [-0.4, -0.2) is 72.3 Å². The fourth-order valence-electron chi connectivity index (χ4n) is 3.02. The van der Waals surface area contributed by atoms with Gasteiger partial charge in [0, 0.05) is 31.7 Å². The van der Waals surface area contributed by atoms with Gasteiger partial charge in [0.1, 0.15) is 11.4 Å². The van der Waals surface area contributed by atoms with Crippen LogP contribution in [0.1, 0.15) is 44.5 Å². The van der Waals surface area contributed by atoms with Gasteiger partial charge in [0.2, 0.25) is 0 Å². The minimum Gasteiger partial charge on any atom is -0.508 e. The Labute approximate surface area is 201 Å². The monoisotopic (exact) mass is 547 g/mol. The number of hydrogen-bond acceptors (Lipinski definition) is 5. The molecule has 10 heteroatoms. The summed E-state index contributed by atoms with van der Waals surface area (Å²) in [6, 6.07) is 6.09. The zero-order chi connectivity index (χ0) is 22.1. The number of guanidine groups is 1. The molecule has 174 valence electrons. The lowest BCUT2D eigenvalue weighted by Crippen LogP contribution is -2.44. The summed E-state index contributed by atoms with van der Waals surface area (Å²) >= 11 is 0. The van der Waals surface area contributed by atoms with E-state index in [4.69, 9.17) is 4.74 Å². The smallest absolute Gasteiger partial charge is 0.407 e. The molecule has 31 heavy (non-hydrogen) atoms. The number of nitrogens with zero attached hydrogens (tertiary/aromatic N) is 2. The summed E-state index contributed by atoms with van der Waals surface area (Å²) in [4.78, 5) is 30.8. The van der Waals surface area contributed by atoms with Crippen LogP contribution < -0.4 is 16.0 Å². The van der Waals surface area contributed by atoms with Crippen LogP contribution in [0.3, 0.4) is 0 Å². The molecular weight excluding hydrogens is 513 g/mol. The second-order valence-electron chi connectivity index (χ2n) is 8.12. The maximum Gasteiger partial charge on any atom is 0.407 e. The highest BCUT2D eigenvalue weighted by Crippen LogP contribution is 2.12. The van der Waals surface area contributed by atoms with Gasteiger partial charge in [-0.2, -0.15) is 0 Å². The molecule has 4 N–H and O–H groups in total. The van der Waals surface area contributed by atoms with Crippen LogP contribution in [0.25, 0.3) is 0 Å². The Balaban J connectivity index is 0.00000480. The lowest BCUT2D eigenvalue weighted by molar-refractivity contribution is 0.0507. The van der Waals surface area contributed by atoms with Gasteiger partial charge in [0.25, 0.3) is 5.91 Å². The number of phenols is 1. The number of nitrogens with one attached hydrogen (secondary N) is 3. The highest BCUT2D eigenvalue weighted by atomic mass is 127. The zero-order valence-electron chi connectivity index (χ0n) is 18.6. The van der Waals surface area contributed by atoms with E-state index in [2.05, 4.69) is 25.8 Å². The van der Waals surface area contributed by atoms with Gasteiger partial charge >= 0.3 is 6.09 Å². The van der Waals surface area contributed by atoms with Gasteiger partial charge in [0.15, 0.2) is 5.96 Å². The van der Waals surface area contributed by atoms with E-state index >= 15 is 0 Å². The van der Waals surface area contributed by atoms with Crippen molar-refractivity contribution in [2.24, 2.45) is 4.99 Å². The standard InChI is InChI=1S/C21H33N5O4.HI/c1-5-22-19(24-12-11-23-18(28)15-6-8-17(27)9-7-15)26-13-10-16(14-26)25-20(29)30-21(2,3)4;/h6-9,16,27H,5,10-14H2,1-4H3,(H,22,24)(H,23,28)(H,25,29);1H. The highest BCUT2D eigenvalue weighted by Gasteiger charge is 2.27. The van der Waals surface area contributed by atoms with E-state index in [1.165, 1.54) is 12.1 Å². The van der Waals surface area contributed by atoms with Gasteiger partial charge in [-0.15, -0.1) is 24.0 Å². The first kappa shape index (κ1) is 26.8. The number of ether oxygens (including phenoxy) is 1. The second-order valence-corrected chi connectivity index (χ2v) is 8.12. The molecule has 1 heterocycles. The SMILES string of the molecule is CCNC(=NCCNC(=O)c1ccc(O)cc1)N1CCC(NC(=O)OC(C)(C)C)C1.I. The van der Waals surface area contributed by atoms with Gasteiger partial charge in [-0.3, -0.25) is 9.79 Å². The third kappa shape index (κ3) is 9.62. The number of alkyl carbamates (subject to hydrolysis) is 1. The average molecular weight is 547 g/mol. The lowest BCUT2D eigenvalue weighted by atomic mass is 10.2. The quantitative estimate of drug-likeness (QED) is 0.188. The average Bonchev–Trinajstić information content (AvgIpc) is 3.11. The van der Waals surface area contributed by atoms with Crippen LogP contribution in [0.2, 0.25) is 0 Å². The van der Waals surface area contributed by atoms with Crippen LogP contribution in [0.4, 0.5) is 4.79 Å². The summed E-state index contributed by atoms with van der Waals surface area (Å²) in [5.41, 5.74) is -0.0390. The van der Waals surface area contributed by atoms with E-state index in [-0.39, 0.29) is 41.7 Å². The van der Waals surface area contributed by atoms with Crippen LogP contribution in [0.5, 0.6) is 5.75 Å². The summed E-state index contributed by atoms with van der Waals surface area (Å²) in [5, 5.41) is 18.3. The van der Waals surface area contributed by atoms with Crippen molar-refractivity contribution in [2.75, 3.05) is 32.7 Å². The molecule has 1 aromatic rings. The molecular formula is C21H34IN5O4. The van der Waals surface area contributed by atoms with Crippen molar-refractivity contribution < 1.29 is 19.4 Å². The number of phenolic OH excluding ortho intramolecular Hbond substituents is 1. The third-order valence-electron chi connectivity index (χ3n) is 4.33. The number of benzene rings is 1. The van der Waals surface area contributed by atoms with Crippen molar-refractivity contribution >= 4 is 41.9 Å². The summed E-state index contributed by atoms with van der Waals surface area (Å²) in [5.74, 6) is 0.666. The molecule has 0 spiro atoms. The number of rotatable bonds is 6. The molecule has 0 aromatic heterocycles. The normalized spacial score (nSPS) is 16.3. The second kappa shape index (κ2) is 12.6. The fraction of sp³-hybridized carbons (Fsp3) is 0.571. The molecule has 1 atom stereocenters. The minimum absolute atomic E-state index is 0. The van der Waals surface area contributed by atoms with Gasteiger partial charge in [-0.25, -0.2) is 4.79 Å². The molecule has 0 aliphatic carbocycles. The first-order valence-corrected chi connectivity index (χ1v) is 10.3.